The molecule has 0 spiro atoms. The van der Waals surface area contributed by atoms with Crippen molar-refractivity contribution in [1.29, 1.82) is 0 Å². The van der Waals surface area contributed by atoms with Crippen molar-refractivity contribution in [3.05, 3.63) is 16.1 Å². The number of aryl methyl sites for hydroxylation is 1. The smallest absolute Gasteiger partial charge is 0.226 e. The minimum absolute atomic E-state index is 0.395. The molecule has 1 saturated heterocycles. The average Bonchev–Trinajstić information content (AvgIpc) is 3.10. The number of aromatic nitrogens is 1. The van der Waals surface area contributed by atoms with E-state index in [0.717, 1.165) is 43.5 Å². The maximum absolute atomic E-state index is 12.7. The number of rotatable bonds is 2. The third-order valence-corrected chi connectivity index (χ3v) is 6.86. The lowest BCUT2D eigenvalue weighted by Crippen LogP contribution is -2.39. The fourth-order valence-electron chi connectivity index (χ4n) is 4.48. The van der Waals surface area contributed by atoms with Crippen molar-refractivity contribution in [2.24, 2.45) is 17.8 Å². The molecule has 0 aromatic carbocycles. The summed E-state index contributed by atoms with van der Waals surface area (Å²) in [6.07, 6.45) is 7.49. The number of carbonyl (C=O) groups is 1. The van der Waals surface area contributed by atoms with Crippen LogP contribution in [0, 0.1) is 24.7 Å². The minimum atomic E-state index is 0.395. The lowest BCUT2D eigenvalue weighted by atomic mass is 9.97. The minimum Gasteiger partial charge on any atom is -0.342 e. The van der Waals surface area contributed by atoms with Gasteiger partial charge in [-0.25, -0.2) is 4.98 Å². The van der Waals surface area contributed by atoms with Crippen LogP contribution in [-0.2, 0) is 4.79 Å². The predicted octanol–water partition coefficient (Wildman–Crippen LogP) is 3.59. The van der Waals surface area contributed by atoms with Gasteiger partial charge in [0.15, 0.2) is 0 Å². The van der Waals surface area contributed by atoms with Gasteiger partial charge in [-0.05, 0) is 44.4 Å². The van der Waals surface area contributed by atoms with Crippen LogP contribution in [0.4, 0.5) is 0 Å². The molecule has 1 amide bonds. The first-order valence-corrected chi connectivity index (χ1v) is 9.33. The maximum Gasteiger partial charge on any atom is 0.226 e. The first-order valence-electron chi connectivity index (χ1n) is 8.45. The first-order chi connectivity index (χ1) is 10.2. The second-order valence-corrected chi connectivity index (χ2v) is 7.95. The Balaban J connectivity index is 1.34. The van der Waals surface area contributed by atoms with Crippen LogP contribution in [0.1, 0.15) is 55.1 Å². The Labute approximate surface area is 130 Å². The molecule has 2 heterocycles. The zero-order valence-electron chi connectivity index (χ0n) is 12.8. The number of thiazole rings is 1. The lowest BCUT2D eigenvalue weighted by Gasteiger charge is -2.31. The Morgan fingerprint density at radius 1 is 1.19 bits per heavy atom. The lowest BCUT2D eigenvalue weighted by molar-refractivity contribution is -0.134. The van der Waals surface area contributed by atoms with Crippen LogP contribution < -0.4 is 0 Å². The molecule has 2 unspecified atom stereocenters. The SMILES string of the molecule is Cc1csc(C2CCN(C(=O)C3C4CCCCC43)CC2)n1. The van der Waals surface area contributed by atoms with Crippen molar-refractivity contribution in [3.63, 3.8) is 0 Å². The van der Waals surface area contributed by atoms with Crippen LogP contribution in [0.2, 0.25) is 0 Å². The standard InChI is InChI=1S/C17H24N2OS/c1-11-10-21-16(18-11)12-6-8-19(9-7-12)17(20)15-13-4-2-3-5-14(13)15/h10,12-15H,2-9H2,1H3. The number of piperidine rings is 1. The van der Waals surface area contributed by atoms with Gasteiger partial charge in [-0.2, -0.15) is 0 Å². The largest absolute Gasteiger partial charge is 0.342 e. The van der Waals surface area contributed by atoms with Gasteiger partial charge >= 0.3 is 0 Å². The number of likely N-dealkylation sites (tertiary alicyclic amines) is 1. The van der Waals surface area contributed by atoms with E-state index in [1.54, 1.807) is 11.3 Å². The predicted molar refractivity (Wildman–Crippen MR) is 84.3 cm³/mol. The van der Waals surface area contributed by atoms with E-state index in [0.29, 0.717) is 17.7 Å². The normalized spacial score (nSPS) is 32.8. The molecule has 4 rings (SSSR count). The molecule has 1 aromatic rings. The van der Waals surface area contributed by atoms with Crippen molar-refractivity contribution in [1.82, 2.24) is 9.88 Å². The highest BCUT2D eigenvalue weighted by Crippen LogP contribution is 2.56. The number of hydrogen-bond acceptors (Lipinski definition) is 3. The molecular formula is C17H24N2OS. The van der Waals surface area contributed by atoms with E-state index in [2.05, 4.69) is 22.2 Å². The molecule has 1 aliphatic heterocycles. The Bertz CT molecular complexity index is 521. The highest BCUT2D eigenvalue weighted by molar-refractivity contribution is 7.09. The summed E-state index contributed by atoms with van der Waals surface area (Å²) >= 11 is 1.79. The van der Waals surface area contributed by atoms with Crippen molar-refractivity contribution < 1.29 is 4.79 Å². The van der Waals surface area contributed by atoms with Gasteiger partial charge in [-0.1, -0.05) is 12.8 Å². The number of hydrogen-bond donors (Lipinski definition) is 0. The summed E-state index contributed by atoms with van der Waals surface area (Å²) in [6, 6.07) is 0. The Kier molecular flexibility index (Phi) is 3.52. The van der Waals surface area contributed by atoms with E-state index in [9.17, 15) is 4.79 Å². The number of nitrogens with zero attached hydrogens (tertiary/aromatic N) is 2. The summed E-state index contributed by atoms with van der Waals surface area (Å²) in [5.74, 6) is 2.93. The van der Waals surface area contributed by atoms with Crippen molar-refractivity contribution in [3.8, 4) is 0 Å². The summed E-state index contributed by atoms with van der Waals surface area (Å²) in [4.78, 5) is 19.5. The van der Waals surface area contributed by atoms with Crippen LogP contribution >= 0.6 is 11.3 Å². The third kappa shape index (κ3) is 2.52. The van der Waals surface area contributed by atoms with Gasteiger partial charge in [0.2, 0.25) is 5.91 Å². The third-order valence-electron chi connectivity index (χ3n) is 5.73. The molecule has 3 aliphatic rings. The van der Waals surface area contributed by atoms with Gasteiger partial charge in [-0.3, -0.25) is 4.79 Å². The highest BCUT2D eigenvalue weighted by Gasteiger charge is 2.55. The monoisotopic (exact) mass is 304 g/mol. The second kappa shape index (κ2) is 5.38. The zero-order chi connectivity index (χ0) is 14.4. The van der Waals surface area contributed by atoms with Crippen molar-refractivity contribution in [2.45, 2.75) is 51.4 Å². The van der Waals surface area contributed by atoms with Crippen LogP contribution in [-0.4, -0.2) is 28.9 Å². The number of fused-ring (bicyclic) bond motifs is 1. The molecular weight excluding hydrogens is 280 g/mol. The van der Waals surface area contributed by atoms with Gasteiger partial charge < -0.3 is 4.90 Å². The molecule has 0 N–H and O–H groups in total. The fraction of sp³-hybridized carbons (Fsp3) is 0.765. The molecule has 21 heavy (non-hydrogen) atoms. The molecule has 0 radical (unpaired) electrons. The molecule has 1 aromatic heterocycles. The number of amides is 1. The van der Waals surface area contributed by atoms with Gasteiger partial charge in [0.25, 0.3) is 0 Å². The Hall–Kier alpha value is -0.900. The van der Waals surface area contributed by atoms with Gasteiger partial charge in [0.05, 0.1) is 5.01 Å². The van der Waals surface area contributed by atoms with Crippen LogP contribution in [0.25, 0.3) is 0 Å². The quantitative estimate of drug-likeness (QED) is 0.836. The second-order valence-electron chi connectivity index (χ2n) is 7.06. The van der Waals surface area contributed by atoms with Gasteiger partial charge in [0, 0.05) is 36.0 Å². The van der Waals surface area contributed by atoms with E-state index in [1.807, 2.05) is 0 Å². The highest BCUT2D eigenvalue weighted by atomic mass is 32.1. The Morgan fingerprint density at radius 3 is 2.43 bits per heavy atom. The molecule has 3 fully saturated rings. The summed E-state index contributed by atoms with van der Waals surface area (Å²) in [7, 11) is 0. The van der Waals surface area contributed by atoms with E-state index in [1.165, 1.54) is 30.7 Å². The van der Waals surface area contributed by atoms with Gasteiger partial charge in [0.1, 0.15) is 0 Å². The summed E-state index contributed by atoms with van der Waals surface area (Å²) in [6.45, 7) is 3.95. The summed E-state index contributed by atoms with van der Waals surface area (Å²) < 4.78 is 0. The molecule has 2 aliphatic carbocycles. The van der Waals surface area contributed by atoms with Crippen LogP contribution in [0.5, 0.6) is 0 Å². The van der Waals surface area contributed by atoms with Crippen molar-refractivity contribution >= 4 is 17.2 Å². The Morgan fingerprint density at radius 2 is 1.86 bits per heavy atom. The van der Waals surface area contributed by atoms with E-state index in [4.69, 9.17) is 0 Å². The molecule has 4 heteroatoms. The van der Waals surface area contributed by atoms with Gasteiger partial charge in [-0.15, -0.1) is 11.3 Å². The molecule has 0 bridgehead atoms. The molecule has 2 atom stereocenters. The van der Waals surface area contributed by atoms with E-state index in [-0.39, 0.29) is 0 Å². The average molecular weight is 304 g/mol. The fourth-order valence-corrected chi connectivity index (χ4v) is 5.44. The topological polar surface area (TPSA) is 33.2 Å². The first kappa shape index (κ1) is 13.7. The number of carbonyl (C=O) groups excluding carboxylic acids is 1. The summed E-state index contributed by atoms with van der Waals surface area (Å²) in [5, 5.41) is 3.42. The molecule has 114 valence electrons. The maximum atomic E-state index is 12.7. The zero-order valence-corrected chi connectivity index (χ0v) is 13.6. The van der Waals surface area contributed by atoms with Crippen molar-refractivity contribution in [2.75, 3.05) is 13.1 Å². The molecule has 3 nitrogen and oxygen atoms in total. The van der Waals surface area contributed by atoms with E-state index < -0.39 is 0 Å². The van der Waals surface area contributed by atoms with E-state index >= 15 is 0 Å². The van der Waals surface area contributed by atoms with Crippen LogP contribution in [0.15, 0.2) is 5.38 Å². The summed E-state index contributed by atoms with van der Waals surface area (Å²) in [5.41, 5.74) is 1.13. The van der Waals surface area contributed by atoms with Crippen LogP contribution in [0.3, 0.4) is 0 Å². The molecule has 2 saturated carbocycles.